The topological polar surface area (TPSA) is 92.8 Å². The van der Waals surface area contributed by atoms with E-state index < -0.39 is 12.0 Å². The molecule has 0 bridgehead atoms. The molecule has 0 aliphatic rings. The number of nitrogens with two attached hydrogens (primary N) is 1. The van der Waals surface area contributed by atoms with Crippen LogP contribution < -0.4 is 5.73 Å². The Hall–Kier alpha value is -1.39. The molecule has 0 aliphatic heterocycles. The number of urea groups is 1. The molecule has 0 radical (unpaired) electrons. The number of carboxylic acid groups (broad SMARTS) is 1. The molecule has 5 nitrogen and oxygen atoms in total. The van der Waals surface area contributed by atoms with Gasteiger partial charge in [-0.2, -0.15) is 4.99 Å². The Bertz CT molecular complexity index is 123. The molecule has 0 aliphatic carbocycles. The zero-order valence-electron chi connectivity index (χ0n) is 3.87. The Balaban J connectivity index is 3.67. The van der Waals surface area contributed by atoms with Gasteiger partial charge in [0.05, 0.1) is 0 Å². The monoisotopic (exact) mass is 116 g/mol. The summed E-state index contributed by atoms with van der Waals surface area (Å²) >= 11 is 0. The van der Waals surface area contributed by atoms with Gasteiger partial charge in [-0.3, -0.25) is 0 Å². The van der Waals surface area contributed by atoms with Crippen LogP contribution >= 0.6 is 0 Å². The number of carbonyl (C=O) groups is 2. The van der Waals surface area contributed by atoms with Crippen LogP contribution in [0.2, 0.25) is 0 Å². The average Bonchev–Trinajstić information content (AvgIpc) is 1.61. The number of primary amides is 1. The van der Waals surface area contributed by atoms with Crippen LogP contribution in [0.3, 0.4) is 0 Å². The first kappa shape index (κ1) is 6.61. The van der Waals surface area contributed by atoms with Crippen molar-refractivity contribution in [2.75, 3.05) is 0 Å². The number of nitrogens with zero attached hydrogens (tertiary/aromatic N) is 1. The molecule has 0 spiro atoms. The van der Waals surface area contributed by atoms with E-state index in [1.807, 2.05) is 0 Å². The van der Waals surface area contributed by atoms with Crippen molar-refractivity contribution in [1.29, 1.82) is 0 Å². The van der Waals surface area contributed by atoms with Gasteiger partial charge in [0.2, 0.25) is 0 Å². The Morgan fingerprint density at radius 2 is 2.12 bits per heavy atom. The molecule has 0 fully saturated rings. The zero-order valence-corrected chi connectivity index (χ0v) is 3.87. The van der Waals surface area contributed by atoms with Crippen molar-refractivity contribution >= 4 is 18.2 Å². The highest BCUT2D eigenvalue weighted by Gasteiger charge is 1.87. The molecule has 0 unspecified atom stereocenters. The highest BCUT2D eigenvalue weighted by atomic mass is 16.4. The maximum atomic E-state index is 9.66. The van der Waals surface area contributed by atoms with Crippen molar-refractivity contribution in [2.45, 2.75) is 0 Å². The molecule has 8 heavy (non-hydrogen) atoms. The highest BCUT2D eigenvalue weighted by molar-refractivity contribution is 6.24. The molecule has 0 heterocycles. The van der Waals surface area contributed by atoms with Crippen molar-refractivity contribution < 1.29 is 14.7 Å². The van der Waals surface area contributed by atoms with Crippen LogP contribution in [0, 0.1) is 0 Å². The Labute approximate surface area is 44.8 Å². The van der Waals surface area contributed by atoms with Gasteiger partial charge in [0.25, 0.3) is 0 Å². The summed E-state index contributed by atoms with van der Waals surface area (Å²) in [5.74, 6) is -1.29. The molecule has 3 N–H and O–H groups in total. The van der Waals surface area contributed by atoms with Crippen LogP contribution in [0.15, 0.2) is 4.99 Å². The lowest BCUT2D eigenvalue weighted by Gasteiger charge is -1.75. The third kappa shape index (κ3) is 4.61. The summed E-state index contributed by atoms with van der Waals surface area (Å²) in [6, 6.07) is -1.01. The van der Waals surface area contributed by atoms with Gasteiger partial charge in [0.1, 0.15) is 6.21 Å². The van der Waals surface area contributed by atoms with Crippen LogP contribution in [-0.4, -0.2) is 23.3 Å². The molecule has 0 atom stereocenters. The molecule has 2 amide bonds. The number of aliphatic imine (C=N–C) groups is 1. The summed E-state index contributed by atoms with van der Waals surface area (Å²) in [5.41, 5.74) is 4.44. The summed E-state index contributed by atoms with van der Waals surface area (Å²) in [6.45, 7) is 0. The lowest BCUT2D eigenvalue weighted by atomic mass is 10.7. The minimum atomic E-state index is -1.29. The van der Waals surface area contributed by atoms with Crippen molar-refractivity contribution in [3.63, 3.8) is 0 Å². The predicted octanol–water partition coefficient (Wildman–Crippen LogP) is -0.779. The number of hydrogen-bond acceptors (Lipinski definition) is 2. The van der Waals surface area contributed by atoms with Crippen LogP contribution in [0.4, 0.5) is 4.79 Å². The second-order valence-corrected chi connectivity index (χ2v) is 0.935. The normalized spacial score (nSPS) is 9.50. The lowest BCUT2D eigenvalue weighted by molar-refractivity contribution is -0.128. The zero-order chi connectivity index (χ0) is 6.57. The Kier molecular flexibility index (Phi) is 2.25. The Morgan fingerprint density at radius 3 is 2.25 bits per heavy atom. The second kappa shape index (κ2) is 2.73. The first-order valence-corrected chi connectivity index (χ1v) is 1.69. The van der Waals surface area contributed by atoms with E-state index in [9.17, 15) is 9.59 Å². The minimum absolute atomic E-state index is 0.433. The molecular formula is C3H4N2O3. The fourth-order valence-corrected chi connectivity index (χ4v) is 0.119. The molecule has 44 valence electrons. The smallest absolute Gasteiger partial charge is 0.347 e. The van der Waals surface area contributed by atoms with Crippen LogP contribution in [0.25, 0.3) is 0 Å². The summed E-state index contributed by atoms with van der Waals surface area (Å²) < 4.78 is 0. The van der Waals surface area contributed by atoms with Gasteiger partial charge < -0.3 is 10.8 Å². The summed E-state index contributed by atoms with van der Waals surface area (Å²) in [5, 5.41) is 7.81. The predicted molar refractivity (Wildman–Crippen MR) is 25.7 cm³/mol. The third-order valence-corrected chi connectivity index (χ3v) is 0.302. The first-order valence-electron chi connectivity index (χ1n) is 1.69. The highest BCUT2D eigenvalue weighted by Crippen LogP contribution is 1.62. The van der Waals surface area contributed by atoms with Crippen LogP contribution in [0.1, 0.15) is 0 Å². The van der Waals surface area contributed by atoms with Gasteiger partial charge in [0, 0.05) is 0 Å². The van der Waals surface area contributed by atoms with Gasteiger partial charge in [0.15, 0.2) is 0 Å². The maximum absolute atomic E-state index is 9.66. The summed E-state index contributed by atoms with van der Waals surface area (Å²) in [6.07, 6.45) is 0.433. The van der Waals surface area contributed by atoms with E-state index in [0.29, 0.717) is 6.21 Å². The van der Waals surface area contributed by atoms with E-state index >= 15 is 0 Å². The van der Waals surface area contributed by atoms with E-state index in [4.69, 9.17) is 5.11 Å². The van der Waals surface area contributed by atoms with Crippen LogP contribution in [0.5, 0.6) is 0 Å². The molecule has 0 saturated heterocycles. The number of aliphatic carboxylic acids is 1. The maximum Gasteiger partial charge on any atom is 0.347 e. The molecule has 0 aromatic carbocycles. The number of rotatable bonds is 1. The average molecular weight is 116 g/mol. The number of hydrogen-bond donors (Lipinski definition) is 2. The standard InChI is InChI=1S/C3H4N2O3/c4-3(8)5-1-2(6)7/h1H,(H2,4,8)(H,6,7)/b5-1+. The van der Waals surface area contributed by atoms with Gasteiger partial charge >= 0.3 is 12.0 Å². The van der Waals surface area contributed by atoms with Gasteiger partial charge in [-0.05, 0) is 0 Å². The Morgan fingerprint density at radius 1 is 1.62 bits per heavy atom. The largest absolute Gasteiger partial charge is 0.477 e. The van der Waals surface area contributed by atoms with Gasteiger partial charge in [-0.25, -0.2) is 9.59 Å². The van der Waals surface area contributed by atoms with Gasteiger partial charge in [-0.15, -0.1) is 0 Å². The lowest BCUT2D eigenvalue weighted by Crippen LogP contribution is -2.06. The van der Waals surface area contributed by atoms with E-state index in [-0.39, 0.29) is 0 Å². The van der Waals surface area contributed by atoms with Gasteiger partial charge in [-0.1, -0.05) is 0 Å². The van der Waals surface area contributed by atoms with E-state index in [2.05, 4.69) is 10.7 Å². The van der Waals surface area contributed by atoms with Crippen molar-refractivity contribution in [2.24, 2.45) is 10.7 Å². The second-order valence-electron chi connectivity index (χ2n) is 0.935. The van der Waals surface area contributed by atoms with E-state index in [1.54, 1.807) is 0 Å². The van der Waals surface area contributed by atoms with Crippen molar-refractivity contribution in [1.82, 2.24) is 0 Å². The van der Waals surface area contributed by atoms with Crippen molar-refractivity contribution in [3.8, 4) is 0 Å². The SMILES string of the molecule is NC(=O)/N=C/C(=O)O. The summed E-state index contributed by atoms with van der Waals surface area (Å²) in [4.78, 5) is 21.9. The third-order valence-electron chi connectivity index (χ3n) is 0.302. The first-order chi connectivity index (χ1) is 3.63. The fraction of sp³-hybridized carbons (Fsp3) is 0. The fourth-order valence-electron chi connectivity index (χ4n) is 0.119. The van der Waals surface area contributed by atoms with Crippen LogP contribution in [-0.2, 0) is 4.79 Å². The number of carboxylic acids is 1. The van der Waals surface area contributed by atoms with E-state index in [0.717, 1.165) is 0 Å². The quantitative estimate of drug-likeness (QED) is 0.440. The molecule has 0 aromatic heterocycles. The molecule has 0 rings (SSSR count). The molecule has 0 saturated carbocycles. The summed E-state index contributed by atoms with van der Waals surface area (Å²) in [7, 11) is 0. The molecular weight excluding hydrogens is 112 g/mol. The van der Waals surface area contributed by atoms with Crippen molar-refractivity contribution in [3.05, 3.63) is 0 Å². The molecule has 0 aromatic rings. The van der Waals surface area contributed by atoms with E-state index in [1.165, 1.54) is 0 Å². The minimum Gasteiger partial charge on any atom is -0.477 e. The molecule has 5 heteroatoms. The number of amides is 2. The number of carbonyl (C=O) groups excluding carboxylic acids is 1.